The molecule has 88 valence electrons. The third-order valence-electron chi connectivity index (χ3n) is 1.75. The highest BCUT2D eigenvalue weighted by molar-refractivity contribution is 5.96. The molecule has 0 unspecified atom stereocenters. The first kappa shape index (κ1) is 12.1. The predicted octanol–water partition coefficient (Wildman–Crippen LogP) is 0.505. The molecule has 1 aromatic heterocycles. The largest absolute Gasteiger partial charge is 0.409 e. The highest BCUT2D eigenvalue weighted by atomic mass is 19.4. The van der Waals surface area contributed by atoms with Crippen LogP contribution in [-0.2, 0) is 6.54 Å². The van der Waals surface area contributed by atoms with Crippen molar-refractivity contribution < 1.29 is 18.4 Å². The van der Waals surface area contributed by atoms with Gasteiger partial charge in [-0.05, 0) is 12.1 Å². The summed E-state index contributed by atoms with van der Waals surface area (Å²) in [5, 5.41) is 10.9. The number of halogens is 3. The van der Waals surface area contributed by atoms with Crippen molar-refractivity contribution in [2.75, 3.05) is 0 Å². The zero-order chi connectivity index (χ0) is 12.3. The number of hydrogen-bond acceptors (Lipinski definition) is 3. The molecule has 0 saturated carbocycles. The van der Waals surface area contributed by atoms with Crippen molar-refractivity contribution in [3.05, 3.63) is 34.2 Å². The maximum atomic E-state index is 12.1. The molecular formula is C8H8F3N3O2. The van der Waals surface area contributed by atoms with Crippen molar-refractivity contribution in [1.82, 2.24) is 4.57 Å². The summed E-state index contributed by atoms with van der Waals surface area (Å²) in [6, 6.07) is 2.38. The van der Waals surface area contributed by atoms with E-state index in [-0.39, 0.29) is 5.56 Å². The van der Waals surface area contributed by atoms with E-state index in [4.69, 9.17) is 10.9 Å². The molecule has 1 aromatic rings. The number of aromatic nitrogens is 1. The van der Waals surface area contributed by atoms with Gasteiger partial charge in [0.2, 0.25) is 0 Å². The lowest BCUT2D eigenvalue weighted by Crippen LogP contribution is -2.33. The monoisotopic (exact) mass is 235 g/mol. The Balaban J connectivity index is 3.20. The number of oxime groups is 1. The van der Waals surface area contributed by atoms with Gasteiger partial charge in [0.25, 0.3) is 5.56 Å². The maximum absolute atomic E-state index is 12.1. The Hall–Kier alpha value is -1.99. The van der Waals surface area contributed by atoms with Gasteiger partial charge in [0.15, 0.2) is 5.84 Å². The van der Waals surface area contributed by atoms with Gasteiger partial charge in [0.1, 0.15) is 6.54 Å². The van der Waals surface area contributed by atoms with Gasteiger partial charge in [-0.2, -0.15) is 13.2 Å². The molecule has 1 rings (SSSR count). The van der Waals surface area contributed by atoms with Crippen molar-refractivity contribution in [3.63, 3.8) is 0 Å². The predicted molar refractivity (Wildman–Crippen MR) is 49.3 cm³/mol. The number of hydrogen-bond donors (Lipinski definition) is 2. The van der Waals surface area contributed by atoms with Crippen LogP contribution in [0.5, 0.6) is 0 Å². The standard InChI is InChI=1S/C8H8F3N3O2/c9-8(10,11)4-14-3-1-2-5(7(14)15)6(12)13-16/h1-3,16H,4H2,(H2,12,13). The summed E-state index contributed by atoms with van der Waals surface area (Å²) < 4.78 is 36.6. The molecule has 0 saturated heterocycles. The Kier molecular flexibility index (Phi) is 3.21. The Labute approximate surface area is 87.6 Å². The fraction of sp³-hybridized carbons (Fsp3) is 0.250. The lowest BCUT2D eigenvalue weighted by Gasteiger charge is -2.09. The molecule has 8 heteroatoms. The van der Waals surface area contributed by atoms with E-state index in [2.05, 4.69) is 5.16 Å². The molecule has 5 nitrogen and oxygen atoms in total. The lowest BCUT2D eigenvalue weighted by molar-refractivity contribution is -0.141. The van der Waals surface area contributed by atoms with Crippen molar-refractivity contribution in [2.24, 2.45) is 10.9 Å². The first-order chi connectivity index (χ1) is 7.35. The third kappa shape index (κ3) is 2.75. The quantitative estimate of drug-likeness (QED) is 0.339. The Morgan fingerprint density at radius 3 is 2.69 bits per heavy atom. The van der Waals surface area contributed by atoms with Crippen LogP contribution in [0.4, 0.5) is 13.2 Å². The number of amidine groups is 1. The van der Waals surface area contributed by atoms with Gasteiger partial charge in [-0.3, -0.25) is 4.79 Å². The average Bonchev–Trinajstić information content (AvgIpc) is 2.18. The second-order valence-electron chi connectivity index (χ2n) is 2.96. The summed E-state index contributed by atoms with van der Waals surface area (Å²) in [7, 11) is 0. The molecule has 0 aliphatic carbocycles. The van der Waals surface area contributed by atoms with Crippen LogP contribution >= 0.6 is 0 Å². The fourth-order valence-electron chi connectivity index (χ4n) is 1.10. The molecule has 0 amide bonds. The highest BCUT2D eigenvalue weighted by Gasteiger charge is 2.28. The van der Waals surface area contributed by atoms with Crippen LogP contribution in [0.2, 0.25) is 0 Å². The summed E-state index contributed by atoms with van der Waals surface area (Å²) in [5.41, 5.74) is 3.89. The van der Waals surface area contributed by atoms with Gasteiger partial charge in [0.05, 0.1) is 5.56 Å². The Bertz CT molecular complexity index is 464. The van der Waals surface area contributed by atoms with Gasteiger partial charge in [0, 0.05) is 6.20 Å². The van der Waals surface area contributed by atoms with Crippen LogP contribution in [0.1, 0.15) is 5.56 Å². The first-order valence-electron chi connectivity index (χ1n) is 4.09. The van der Waals surface area contributed by atoms with Crippen molar-refractivity contribution >= 4 is 5.84 Å². The summed E-state index contributed by atoms with van der Waals surface area (Å²) in [6.07, 6.45) is -3.53. The Morgan fingerprint density at radius 1 is 1.56 bits per heavy atom. The molecule has 0 atom stereocenters. The van der Waals surface area contributed by atoms with E-state index in [9.17, 15) is 18.0 Å². The van der Waals surface area contributed by atoms with Crippen molar-refractivity contribution in [1.29, 1.82) is 0 Å². The zero-order valence-corrected chi connectivity index (χ0v) is 7.90. The number of rotatable bonds is 2. The van der Waals surface area contributed by atoms with Crippen LogP contribution in [0.3, 0.4) is 0 Å². The van der Waals surface area contributed by atoms with Crippen LogP contribution in [0, 0.1) is 0 Å². The second-order valence-corrected chi connectivity index (χ2v) is 2.96. The van der Waals surface area contributed by atoms with Gasteiger partial charge < -0.3 is 15.5 Å². The van der Waals surface area contributed by atoms with Gasteiger partial charge in [-0.15, -0.1) is 0 Å². The highest BCUT2D eigenvalue weighted by Crippen LogP contribution is 2.16. The lowest BCUT2D eigenvalue weighted by atomic mass is 10.2. The van der Waals surface area contributed by atoms with E-state index >= 15 is 0 Å². The van der Waals surface area contributed by atoms with Crippen LogP contribution < -0.4 is 11.3 Å². The number of nitrogens with two attached hydrogens (primary N) is 1. The van der Waals surface area contributed by atoms with Crippen LogP contribution in [-0.4, -0.2) is 21.8 Å². The van der Waals surface area contributed by atoms with E-state index in [1.165, 1.54) is 12.1 Å². The summed E-state index contributed by atoms with van der Waals surface area (Å²) >= 11 is 0. The number of pyridine rings is 1. The minimum atomic E-state index is -4.51. The topological polar surface area (TPSA) is 80.6 Å². The molecule has 0 fully saturated rings. The van der Waals surface area contributed by atoms with Crippen molar-refractivity contribution in [3.8, 4) is 0 Å². The normalized spacial score (nSPS) is 12.8. The molecule has 0 radical (unpaired) electrons. The molecule has 0 bridgehead atoms. The van der Waals surface area contributed by atoms with Crippen LogP contribution in [0.25, 0.3) is 0 Å². The number of alkyl halides is 3. The summed E-state index contributed by atoms with van der Waals surface area (Å²) in [4.78, 5) is 11.4. The first-order valence-corrected chi connectivity index (χ1v) is 4.09. The van der Waals surface area contributed by atoms with E-state index in [1.54, 1.807) is 0 Å². The molecule has 0 aliphatic rings. The smallest absolute Gasteiger partial charge is 0.406 e. The van der Waals surface area contributed by atoms with Crippen molar-refractivity contribution in [2.45, 2.75) is 12.7 Å². The van der Waals surface area contributed by atoms with E-state index in [1.807, 2.05) is 0 Å². The third-order valence-corrected chi connectivity index (χ3v) is 1.75. The molecule has 3 N–H and O–H groups in total. The van der Waals surface area contributed by atoms with E-state index in [0.717, 1.165) is 6.20 Å². The Morgan fingerprint density at radius 2 is 2.19 bits per heavy atom. The SMILES string of the molecule is N/C(=N/O)c1cccn(CC(F)(F)F)c1=O. The average molecular weight is 235 g/mol. The summed E-state index contributed by atoms with van der Waals surface area (Å²) in [6.45, 7) is -1.42. The minimum absolute atomic E-state index is 0.283. The summed E-state index contributed by atoms with van der Waals surface area (Å²) in [5.74, 6) is -0.526. The van der Waals surface area contributed by atoms with Gasteiger partial charge >= 0.3 is 6.18 Å². The molecule has 16 heavy (non-hydrogen) atoms. The van der Waals surface area contributed by atoms with Crippen LogP contribution in [0.15, 0.2) is 28.3 Å². The van der Waals surface area contributed by atoms with E-state index < -0.39 is 24.1 Å². The fourth-order valence-corrected chi connectivity index (χ4v) is 1.10. The van der Waals surface area contributed by atoms with E-state index in [0.29, 0.717) is 4.57 Å². The van der Waals surface area contributed by atoms with Gasteiger partial charge in [-0.25, -0.2) is 0 Å². The van der Waals surface area contributed by atoms with Gasteiger partial charge in [-0.1, -0.05) is 5.16 Å². The minimum Gasteiger partial charge on any atom is -0.409 e. The second kappa shape index (κ2) is 4.25. The number of nitrogens with zero attached hydrogens (tertiary/aromatic N) is 2. The molecule has 0 aromatic carbocycles. The molecule has 0 spiro atoms. The zero-order valence-electron chi connectivity index (χ0n) is 7.90. The molecule has 0 aliphatic heterocycles. The molecule has 1 heterocycles. The maximum Gasteiger partial charge on any atom is 0.406 e. The molecular weight excluding hydrogens is 227 g/mol.